The van der Waals surface area contributed by atoms with Crippen LogP contribution < -0.4 is 9.80 Å². The highest BCUT2D eigenvalue weighted by Crippen LogP contribution is 2.63. The molecule has 0 fully saturated rings. The first kappa shape index (κ1) is 36.3. The molecule has 9 rings (SSSR count). The Labute approximate surface area is 342 Å². The minimum absolute atomic E-state index is 0.622. The summed E-state index contributed by atoms with van der Waals surface area (Å²) in [5, 5.41) is 10.4. The van der Waals surface area contributed by atoms with Crippen molar-refractivity contribution in [1.82, 2.24) is 0 Å². The van der Waals surface area contributed by atoms with Crippen molar-refractivity contribution < 1.29 is 0 Å². The Bertz CT molecular complexity index is 2640. The van der Waals surface area contributed by atoms with Crippen LogP contribution >= 0.6 is 0 Å². The third kappa shape index (κ3) is 5.84. The number of hydrogen-bond acceptors (Lipinski definition) is 3. The van der Waals surface area contributed by atoms with Gasteiger partial charge in [0.05, 0.1) is 17.0 Å². The minimum Gasteiger partial charge on any atom is -0.310 e. The molecule has 0 saturated carbocycles. The molecule has 0 saturated heterocycles. The van der Waals surface area contributed by atoms with Crippen LogP contribution in [0.4, 0.5) is 34.1 Å². The molecule has 7 aromatic carbocycles. The number of nitriles is 1. The summed E-state index contributed by atoms with van der Waals surface area (Å²) in [6.07, 6.45) is 9.72. The van der Waals surface area contributed by atoms with E-state index in [1.165, 1.54) is 50.1 Å². The summed E-state index contributed by atoms with van der Waals surface area (Å²) < 4.78 is 0. The summed E-state index contributed by atoms with van der Waals surface area (Å²) in [4.78, 5) is 4.69. The van der Waals surface area contributed by atoms with Crippen LogP contribution in [-0.4, -0.2) is 0 Å². The van der Waals surface area contributed by atoms with Crippen molar-refractivity contribution in [3.63, 3.8) is 0 Å². The number of allylic oxidation sites excluding steroid dienone is 4. The van der Waals surface area contributed by atoms with Crippen LogP contribution in [0.25, 0.3) is 16.7 Å². The van der Waals surface area contributed by atoms with Gasteiger partial charge >= 0.3 is 0 Å². The zero-order valence-corrected chi connectivity index (χ0v) is 33.5. The van der Waals surface area contributed by atoms with Gasteiger partial charge in [-0.15, -0.1) is 6.42 Å². The molecule has 0 atom stereocenters. The predicted molar refractivity (Wildman–Crippen MR) is 242 cm³/mol. The normalized spacial score (nSPS) is 13.2. The van der Waals surface area contributed by atoms with E-state index in [1.54, 1.807) is 6.08 Å². The maximum Gasteiger partial charge on any atom is 0.0991 e. The van der Waals surface area contributed by atoms with Gasteiger partial charge in [-0.05, 0) is 176 Å². The van der Waals surface area contributed by atoms with Crippen molar-refractivity contribution in [2.45, 2.75) is 40.0 Å². The SMILES string of the molecule is C#C/C=C\C1=C(C)C2(c3cc(C#N)ccc31)c1cc(N(c3ccc(C)cc3)c3ccc(C)cc3)ccc1-c1ccc(N(c3ccc(C)cc3)c3ccc(C)cc3)cc12. The number of benzene rings is 7. The molecule has 0 bridgehead atoms. The molecule has 2 aliphatic rings. The van der Waals surface area contributed by atoms with Crippen molar-refractivity contribution in [2.75, 3.05) is 9.80 Å². The molecule has 58 heavy (non-hydrogen) atoms. The van der Waals surface area contributed by atoms with Gasteiger partial charge < -0.3 is 9.80 Å². The lowest BCUT2D eigenvalue weighted by Crippen LogP contribution is -2.27. The summed E-state index contributed by atoms with van der Waals surface area (Å²) in [6, 6.07) is 57.4. The monoisotopic (exact) mass is 745 g/mol. The standard InChI is InChI=1S/C55H43N3/c1-7-8-9-48-40(6)55(52-32-41(35-56)18-29-49(48)52)53-33-46(57(42-19-10-36(2)11-20-42)43-21-12-37(3)13-22-43)27-30-50(53)51-31-28-47(34-54(51)55)58(44-23-14-38(4)15-24-44)45-25-16-39(5)17-26-45/h1,8-34H,2-6H3/b9-8-. The average molecular weight is 746 g/mol. The highest BCUT2D eigenvalue weighted by Gasteiger charge is 2.52. The lowest BCUT2D eigenvalue weighted by atomic mass is 9.69. The Balaban J connectivity index is 1.35. The quantitative estimate of drug-likeness (QED) is 0.152. The molecule has 0 aromatic heterocycles. The highest BCUT2D eigenvalue weighted by molar-refractivity contribution is 5.99. The number of aryl methyl sites for hydroxylation is 4. The first-order valence-corrected chi connectivity index (χ1v) is 19.8. The highest BCUT2D eigenvalue weighted by atomic mass is 15.1. The average Bonchev–Trinajstić information content (AvgIpc) is 3.67. The Kier molecular flexibility index (Phi) is 8.96. The Morgan fingerprint density at radius 1 is 0.466 bits per heavy atom. The second-order valence-corrected chi connectivity index (χ2v) is 15.6. The van der Waals surface area contributed by atoms with Crippen molar-refractivity contribution in [3.05, 3.63) is 219 Å². The Morgan fingerprint density at radius 3 is 1.21 bits per heavy atom. The number of terminal acetylenes is 1. The second kappa shape index (κ2) is 14.3. The maximum absolute atomic E-state index is 10.4. The van der Waals surface area contributed by atoms with Gasteiger partial charge in [0.1, 0.15) is 0 Å². The van der Waals surface area contributed by atoms with Crippen LogP contribution in [0.3, 0.4) is 0 Å². The maximum atomic E-state index is 10.4. The number of hydrogen-bond donors (Lipinski definition) is 0. The molecule has 0 aliphatic heterocycles. The first-order valence-electron chi connectivity index (χ1n) is 19.8. The molecule has 0 N–H and O–H groups in total. The molecular weight excluding hydrogens is 703 g/mol. The van der Waals surface area contributed by atoms with E-state index in [0.717, 1.165) is 50.8 Å². The molecule has 0 amide bonds. The molecule has 2 aliphatic carbocycles. The number of rotatable bonds is 7. The minimum atomic E-state index is -0.717. The predicted octanol–water partition coefficient (Wildman–Crippen LogP) is 14.0. The zero-order valence-electron chi connectivity index (χ0n) is 33.5. The van der Waals surface area contributed by atoms with Gasteiger partial charge in [-0.1, -0.05) is 94.9 Å². The van der Waals surface area contributed by atoms with Gasteiger partial charge in [-0.25, -0.2) is 0 Å². The summed E-state index contributed by atoms with van der Waals surface area (Å²) in [5.41, 5.74) is 20.3. The van der Waals surface area contributed by atoms with Crippen LogP contribution in [0.1, 0.15) is 57.0 Å². The summed E-state index contributed by atoms with van der Waals surface area (Å²) >= 11 is 0. The number of fused-ring (bicyclic) bond motifs is 7. The van der Waals surface area contributed by atoms with Gasteiger partial charge in [0.25, 0.3) is 0 Å². The van der Waals surface area contributed by atoms with Crippen LogP contribution in [0.2, 0.25) is 0 Å². The Hall–Kier alpha value is -7.33. The second-order valence-electron chi connectivity index (χ2n) is 15.6. The summed E-state index contributed by atoms with van der Waals surface area (Å²) in [5.74, 6) is 2.74. The molecule has 0 radical (unpaired) electrons. The largest absolute Gasteiger partial charge is 0.310 e. The van der Waals surface area contributed by atoms with Gasteiger partial charge in [-0.2, -0.15) is 5.26 Å². The van der Waals surface area contributed by atoms with E-state index < -0.39 is 5.41 Å². The van der Waals surface area contributed by atoms with Crippen LogP contribution in [0, 0.1) is 51.4 Å². The lowest BCUT2D eigenvalue weighted by Gasteiger charge is -2.34. The Morgan fingerprint density at radius 2 is 0.828 bits per heavy atom. The molecule has 0 unspecified atom stereocenters. The lowest BCUT2D eigenvalue weighted by molar-refractivity contribution is 0.766. The molecule has 7 aromatic rings. The molecule has 0 heterocycles. The van der Waals surface area contributed by atoms with Crippen molar-refractivity contribution in [3.8, 4) is 29.5 Å². The van der Waals surface area contributed by atoms with Crippen LogP contribution in [0.5, 0.6) is 0 Å². The van der Waals surface area contributed by atoms with E-state index in [1.807, 2.05) is 6.07 Å². The van der Waals surface area contributed by atoms with E-state index in [2.05, 4.69) is 208 Å². The topological polar surface area (TPSA) is 30.3 Å². The van der Waals surface area contributed by atoms with Crippen molar-refractivity contribution in [2.24, 2.45) is 0 Å². The van der Waals surface area contributed by atoms with E-state index in [4.69, 9.17) is 6.42 Å². The van der Waals surface area contributed by atoms with Crippen LogP contribution in [-0.2, 0) is 5.41 Å². The zero-order chi connectivity index (χ0) is 40.1. The molecule has 1 spiro atoms. The third-order valence-corrected chi connectivity index (χ3v) is 11.9. The first-order chi connectivity index (χ1) is 28.2. The van der Waals surface area contributed by atoms with Gasteiger partial charge in [0.2, 0.25) is 0 Å². The van der Waals surface area contributed by atoms with Gasteiger partial charge in [-0.3, -0.25) is 0 Å². The van der Waals surface area contributed by atoms with E-state index in [-0.39, 0.29) is 0 Å². The fourth-order valence-electron chi connectivity index (χ4n) is 9.05. The fourth-order valence-corrected chi connectivity index (χ4v) is 9.05. The smallest absolute Gasteiger partial charge is 0.0991 e. The summed E-state index contributed by atoms with van der Waals surface area (Å²) in [7, 11) is 0. The van der Waals surface area contributed by atoms with Gasteiger partial charge in [0.15, 0.2) is 0 Å². The molecular formula is C55H43N3. The molecule has 3 heteroatoms. The van der Waals surface area contributed by atoms with E-state index in [9.17, 15) is 5.26 Å². The fraction of sp³-hybridized carbons (Fsp3) is 0.109. The van der Waals surface area contributed by atoms with Crippen molar-refractivity contribution in [1.29, 1.82) is 5.26 Å². The van der Waals surface area contributed by atoms with E-state index in [0.29, 0.717) is 5.56 Å². The van der Waals surface area contributed by atoms with E-state index >= 15 is 0 Å². The van der Waals surface area contributed by atoms with Gasteiger partial charge in [0, 0.05) is 34.1 Å². The third-order valence-electron chi connectivity index (χ3n) is 11.9. The summed E-state index contributed by atoms with van der Waals surface area (Å²) in [6.45, 7) is 10.7. The molecule has 3 nitrogen and oxygen atoms in total. The van der Waals surface area contributed by atoms with Crippen LogP contribution in [0.15, 0.2) is 169 Å². The number of anilines is 6. The van der Waals surface area contributed by atoms with Crippen molar-refractivity contribution >= 4 is 39.7 Å². The molecule has 278 valence electrons. The number of nitrogens with zero attached hydrogens (tertiary/aromatic N) is 3.